The molecule has 0 aliphatic carbocycles. The Balaban J connectivity index is 1.58. The fourth-order valence-corrected chi connectivity index (χ4v) is 4.55. The number of carbonyl (C=O) groups excluding carboxylic acids is 1. The summed E-state index contributed by atoms with van der Waals surface area (Å²) in [5.41, 5.74) is 1.39. The highest BCUT2D eigenvalue weighted by molar-refractivity contribution is 7.81. The van der Waals surface area contributed by atoms with Gasteiger partial charge in [0.25, 0.3) is 5.56 Å². The van der Waals surface area contributed by atoms with Gasteiger partial charge in [0.2, 0.25) is 0 Å². The number of anilines is 5. The summed E-state index contributed by atoms with van der Waals surface area (Å²) in [4.78, 5) is 34.0. The molecule has 2 N–H and O–H groups in total. The number of nitrogens with one attached hydrogen (secondary N) is 2. The summed E-state index contributed by atoms with van der Waals surface area (Å²) in [5.74, 6) is 1.12. The summed E-state index contributed by atoms with van der Waals surface area (Å²) < 4.78 is 38.0. The lowest BCUT2D eigenvalue weighted by Gasteiger charge is -2.27. The third kappa shape index (κ3) is 6.00. The third-order valence-electron chi connectivity index (χ3n) is 5.88. The van der Waals surface area contributed by atoms with Gasteiger partial charge in [-0.05, 0) is 36.4 Å². The van der Waals surface area contributed by atoms with Gasteiger partial charge in [0, 0.05) is 41.8 Å². The first-order valence-electron chi connectivity index (χ1n) is 12.1. The highest BCUT2D eigenvalue weighted by Crippen LogP contribution is 2.36. The molecular formula is C28H23N6O6S-. The first-order valence-corrected chi connectivity index (χ1v) is 13.1. The van der Waals surface area contributed by atoms with E-state index in [1.165, 1.54) is 44.7 Å². The van der Waals surface area contributed by atoms with Crippen molar-refractivity contribution in [3.8, 4) is 11.5 Å². The van der Waals surface area contributed by atoms with Gasteiger partial charge in [-0.3, -0.25) is 13.3 Å². The first kappa shape index (κ1) is 27.3. The Morgan fingerprint density at radius 3 is 2.22 bits per heavy atom. The second-order valence-corrected chi connectivity index (χ2v) is 9.31. The number of hydrogen-bond donors (Lipinski definition) is 2. The number of pyridine rings is 1. The van der Waals surface area contributed by atoms with Crippen LogP contribution in [0.25, 0.3) is 11.0 Å². The average Bonchev–Trinajstić information content (AvgIpc) is 2.97. The van der Waals surface area contributed by atoms with E-state index in [1.54, 1.807) is 60.7 Å². The van der Waals surface area contributed by atoms with E-state index < -0.39 is 22.9 Å². The number of methoxy groups -OCH3 is 2. The molecular weight excluding hydrogens is 548 g/mol. The van der Waals surface area contributed by atoms with Crippen LogP contribution < -0.4 is 30.0 Å². The molecule has 1 amide bonds. The van der Waals surface area contributed by atoms with E-state index in [0.717, 1.165) is 8.87 Å². The van der Waals surface area contributed by atoms with Crippen LogP contribution in [0.1, 0.15) is 0 Å². The minimum Gasteiger partial charge on any atom is -0.755 e. The molecule has 0 saturated heterocycles. The third-order valence-corrected chi connectivity index (χ3v) is 6.56. The zero-order valence-corrected chi connectivity index (χ0v) is 22.6. The maximum Gasteiger partial charge on any atom is 0.332 e. The van der Waals surface area contributed by atoms with Gasteiger partial charge in [0.15, 0.2) is 11.6 Å². The summed E-state index contributed by atoms with van der Waals surface area (Å²) >= 11 is -2.87. The van der Waals surface area contributed by atoms with E-state index in [-0.39, 0.29) is 23.0 Å². The van der Waals surface area contributed by atoms with Gasteiger partial charge in [-0.1, -0.05) is 24.3 Å². The summed E-state index contributed by atoms with van der Waals surface area (Å²) in [6, 6.07) is 21.8. The predicted octanol–water partition coefficient (Wildman–Crippen LogP) is 4.56. The van der Waals surface area contributed by atoms with E-state index >= 15 is 0 Å². The Hall–Kier alpha value is -5.27. The van der Waals surface area contributed by atoms with Gasteiger partial charge in [-0.15, -0.1) is 0 Å². The van der Waals surface area contributed by atoms with E-state index in [0.29, 0.717) is 28.2 Å². The van der Waals surface area contributed by atoms with Gasteiger partial charge in [0.05, 0.1) is 42.2 Å². The Bertz CT molecular complexity index is 1810. The van der Waals surface area contributed by atoms with Crippen LogP contribution >= 0.6 is 0 Å². The molecule has 41 heavy (non-hydrogen) atoms. The van der Waals surface area contributed by atoms with Gasteiger partial charge in [-0.25, -0.2) is 19.3 Å². The molecule has 3 aromatic carbocycles. The number of rotatable bonds is 8. The molecule has 12 nitrogen and oxygen atoms in total. The van der Waals surface area contributed by atoms with Crippen LogP contribution in [0.5, 0.6) is 11.5 Å². The van der Waals surface area contributed by atoms with Crippen molar-refractivity contribution in [2.75, 3.05) is 29.2 Å². The zero-order chi connectivity index (χ0) is 28.9. The minimum atomic E-state index is -2.87. The van der Waals surface area contributed by atoms with Crippen LogP contribution in [0.2, 0.25) is 0 Å². The maximum absolute atomic E-state index is 12.7. The van der Waals surface area contributed by atoms with Crippen molar-refractivity contribution in [1.82, 2.24) is 14.5 Å². The van der Waals surface area contributed by atoms with Crippen LogP contribution in [-0.4, -0.2) is 43.5 Å². The number of para-hydroxylation sites is 2. The number of benzene rings is 3. The quantitative estimate of drug-likeness (QED) is 0.255. The van der Waals surface area contributed by atoms with E-state index in [2.05, 4.69) is 20.6 Å². The van der Waals surface area contributed by atoms with Gasteiger partial charge in [0.1, 0.15) is 11.5 Å². The highest BCUT2D eigenvalue weighted by Gasteiger charge is 2.21. The molecule has 0 aliphatic rings. The van der Waals surface area contributed by atoms with Crippen molar-refractivity contribution < 1.29 is 23.0 Å². The van der Waals surface area contributed by atoms with Crippen molar-refractivity contribution in [3.63, 3.8) is 0 Å². The number of ether oxygens (including phenoxy) is 2. The molecule has 0 radical (unpaired) electrons. The zero-order valence-electron chi connectivity index (χ0n) is 21.8. The van der Waals surface area contributed by atoms with Crippen LogP contribution in [0.15, 0.2) is 95.9 Å². The van der Waals surface area contributed by atoms with Crippen LogP contribution in [0.4, 0.5) is 33.5 Å². The number of fused-ring (bicyclic) bond motifs is 1. The number of nitrogens with zero attached hydrogens (tertiary/aromatic N) is 4. The Morgan fingerprint density at radius 1 is 0.878 bits per heavy atom. The average molecular weight is 572 g/mol. The molecule has 2 aromatic heterocycles. The van der Waals surface area contributed by atoms with Crippen molar-refractivity contribution in [2.45, 2.75) is 0 Å². The van der Waals surface area contributed by atoms with Crippen molar-refractivity contribution in [3.05, 3.63) is 101 Å². The number of aromatic nitrogens is 3. The largest absolute Gasteiger partial charge is 0.755 e. The molecule has 208 valence electrons. The molecule has 0 aliphatic heterocycles. The lowest BCUT2D eigenvalue weighted by molar-refractivity contribution is 0.252. The lowest BCUT2D eigenvalue weighted by Crippen LogP contribution is -2.29. The van der Waals surface area contributed by atoms with Gasteiger partial charge >= 0.3 is 6.03 Å². The van der Waals surface area contributed by atoms with Crippen LogP contribution in [0, 0.1) is 0 Å². The van der Waals surface area contributed by atoms with E-state index in [1.807, 2.05) is 0 Å². The van der Waals surface area contributed by atoms with E-state index in [4.69, 9.17) is 9.47 Å². The fraction of sp³-hybridized carbons (Fsp3) is 0.0714. The van der Waals surface area contributed by atoms with Crippen LogP contribution in [0.3, 0.4) is 0 Å². The second-order valence-electron chi connectivity index (χ2n) is 8.51. The Labute approximate surface area is 236 Å². The lowest BCUT2D eigenvalue weighted by atomic mass is 10.2. The molecule has 5 aromatic rings. The molecule has 0 bridgehead atoms. The van der Waals surface area contributed by atoms with Crippen molar-refractivity contribution >= 4 is 57.0 Å². The van der Waals surface area contributed by atoms with Crippen molar-refractivity contribution in [1.29, 1.82) is 0 Å². The van der Waals surface area contributed by atoms with Gasteiger partial charge in [-0.2, -0.15) is 0 Å². The van der Waals surface area contributed by atoms with Crippen molar-refractivity contribution in [2.24, 2.45) is 0 Å². The number of hydrogen-bond acceptors (Lipinski definition) is 9. The molecule has 1 unspecified atom stereocenters. The smallest absolute Gasteiger partial charge is 0.332 e. The molecule has 0 fully saturated rings. The topological polar surface area (TPSA) is 151 Å². The predicted molar refractivity (Wildman–Crippen MR) is 155 cm³/mol. The summed E-state index contributed by atoms with van der Waals surface area (Å²) in [5, 5.41) is 5.75. The molecule has 1 atom stereocenters. The Kier molecular flexibility index (Phi) is 7.90. The summed E-state index contributed by atoms with van der Waals surface area (Å²) in [6.45, 7) is 0. The molecule has 5 rings (SSSR count). The maximum atomic E-state index is 12.7. The van der Waals surface area contributed by atoms with Crippen LogP contribution in [-0.2, 0) is 11.3 Å². The molecule has 2 heterocycles. The first-order chi connectivity index (χ1) is 19.9. The summed E-state index contributed by atoms with van der Waals surface area (Å²) in [6.07, 6.45) is 1.33. The SMILES string of the molecule is COc1cc(Nc2nc3ccccc3nc2N(c2cccc(NC(=O)n3ccccc3=O)c2)S(=O)[O-])cc(OC)c1. The molecule has 13 heteroatoms. The normalized spacial score (nSPS) is 11.5. The number of carbonyl (C=O) groups is 1. The minimum absolute atomic E-state index is 0.0263. The molecule has 0 saturated carbocycles. The monoisotopic (exact) mass is 571 g/mol. The standard InChI is InChI=1S/C28H24N6O6S/c1-39-21-15-19(16-22(17-21)40-2)29-26-27(32-24-11-4-3-10-23(24)31-26)34(41(37)38)20-9-7-8-18(14-20)30-28(36)33-13-6-5-12-25(33)35/h3-17H,1-2H3,(H,29,31)(H,30,36)(H,37,38)/p-1. The van der Waals surface area contributed by atoms with Gasteiger partial charge < -0.3 is 24.7 Å². The summed E-state index contributed by atoms with van der Waals surface area (Å²) in [7, 11) is 3.03. The highest BCUT2D eigenvalue weighted by atomic mass is 32.2. The van der Waals surface area contributed by atoms with E-state index in [9.17, 15) is 18.4 Å². The fourth-order valence-electron chi connectivity index (χ4n) is 4.00. The number of amides is 1. The molecule has 0 spiro atoms. The Morgan fingerprint density at radius 2 is 1.56 bits per heavy atom. The second kappa shape index (κ2) is 11.9.